The molecule has 51 heavy (non-hydrogen) atoms. The van der Waals surface area contributed by atoms with E-state index in [9.17, 15) is 29.1 Å². The van der Waals surface area contributed by atoms with Crippen LogP contribution in [-0.2, 0) is 42.9 Å². The van der Waals surface area contributed by atoms with Gasteiger partial charge in [-0.2, -0.15) is 0 Å². The van der Waals surface area contributed by atoms with E-state index in [-0.39, 0.29) is 38.8 Å². The van der Waals surface area contributed by atoms with Crippen molar-refractivity contribution in [3.63, 3.8) is 0 Å². The first-order chi connectivity index (χ1) is 24.9. The van der Waals surface area contributed by atoms with Crippen molar-refractivity contribution < 1.29 is 70.4 Å². The molecule has 1 aliphatic rings. The zero-order valence-corrected chi connectivity index (χ0v) is 30.5. The van der Waals surface area contributed by atoms with E-state index in [1.54, 1.807) is 0 Å². The fourth-order valence-electron chi connectivity index (χ4n) is 5.03. The number of rotatable bonds is 10. The van der Waals surface area contributed by atoms with Crippen LogP contribution >= 0.6 is 0 Å². The van der Waals surface area contributed by atoms with Crippen LogP contribution in [0.4, 0.5) is 0 Å². The largest absolute Gasteiger partial charge is 0.543 e. The summed E-state index contributed by atoms with van der Waals surface area (Å²) in [5.74, 6) is -4.84. The molecule has 0 bridgehead atoms. The van der Waals surface area contributed by atoms with Crippen molar-refractivity contribution in [3.05, 3.63) is 46.6 Å². The van der Waals surface area contributed by atoms with Gasteiger partial charge in [0.1, 0.15) is 28.2 Å². The minimum Gasteiger partial charge on any atom is -0.543 e. The van der Waals surface area contributed by atoms with Crippen LogP contribution in [0.5, 0.6) is 23.0 Å². The maximum Gasteiger partial charge on any atom is 0.339 e. The lowest BCUT2D eigenvalue weighted by molar-refractivity contribution is -0.282. The summed E-state index contributed by atoms with van der Waals surface area (Å²) in [5, 5.41) is 10.5. The smallest absolute Gasteiger partial charge is 0.339 e. The van der Waals surface area contributed by atoms with Crippen molar-refractivity contribution in [3.8, 4) is 34.3 Å². The van der Waals surface area contributed by atoms with Crippen LogP contribution in [0.1, 0.15) is 45.7 Å². The lowest BCUT2D eigenvalue weighted by atomic mass is 9.97. The Labute approximate surface area is 298 Å². The number of hydrogen-bond donors (Lipinski definition) is 1. The number of carbonyl (C=O) groups excluding carboxylic acids is 4. The topological polar surface area (TPSA) is 193 Å². The second-order valence-electron chi connectivity index (χ2n) is 13.2. The minimum atomic E-state index is -3.02. The van der Waals surface area contributed by atoms with E-state index in [2.05, 4.69) is 0 Å². The lowest BCUT2D eigenvalue weighted by Gasteiger charge is -2.43. The molecule has 0 radical (unpaired) electrons. The van der Waals surface area contributed by atoms with E-state index < -0.39 is 86.9 Å². The van der Waals surface area contributed by atoms with Gasteiger partial charge in [0.25, 0.3) is 0 Å². The molecule has 1 aliphatic heterocycles. The number of benzene rings is 2. The summed E-state index contributed by atoms with van der Waals surface area (Å²) in [6.07, 6.45) is -8.83. The van der Waals surface area contributed by atoms with Gasteiger partial charge in [-0.05, 0) is 36.3 Å². The summed E-state index contributed by atoms with van der Waals surface area (Å²) in [6.45, 7) is 13.2. The predicted octanol–water partition coefficient (Wildman–Crippen LogP) is 4.63. The third-order valence-electron chi connectivity index (χ3n) is 8.38. The molecule has 0 amide bonds. The summed E-state index contributed by atoms with van der Waals surface area (Å²) in [6, 6.07) is 7.66. The molecule has 2 aromatic carbocycles. The first-order valence-electron chi connectivity index (χ1n) is 17.2. The summed E-state index contributed by atoms with van der Waals surface area (Å²) < 4.78 is 73.4. The van der Waals surface area contributed by atoms with Crippen LogP contribution in [0.2, 0.25) is 18.1 Å². The summed E-state index contributed by atoms with van der Waals surface area (Å²) in [7, 11) is -4.40. The fourth-order valence-corrected chi connectivity index (χ4v) is 6.04. The number of aromatic hydroxyl groups is 1. The Morgan fingerprint density at radius 1 is 0.882 bits per heavy atom. The summed E-state index contributed by atoms with van der Waals surface area (Å²) in [4.78, 5) is 62.9. The van der Waals surface area contributed by atoms with Gasteiger partial charge in [0.2, 0.25) is 20.7 Å². The molecule has 0 unspecified atom stereocenters. The number of fused-ring (bicyclic) bond motifs is 1. The molecule has 1 aromatic heterocycles. The average Bonchev–Trinajstić information content (AvgIpc) is 3.01. The fraction of sp³-hybridized carbons (Fsp3) is 0.457. The number of ether oxygens (including phenoxy) is 7. The molecule has 0 aliphatic carbocycles. The summed E-state index contributed by atoms with van der Waals surface area (Å²) in [5.41, 5.74) is -0.528. The van der Waals surface area contributed by atoms with E-state index in [0.717, 1.165) is 33.9 Å². The van der Waals surface area contributed by atoms with E-state index >= 15 is 0 Å². The van der Waals surface area contributed by atoms with Crippen LogP contribution in [0, 0.1) is 0 Å². The minimum absolute atomic E-state index is 0.0244. The standard InChI is InChI=1S/C35H42O15Si/c1-17(36)44-29-30(45-18(2)37)32(46-19(3)38)34(49-31(29)33(41)43-8)48-26-13-20(11-12-24(26)42-7)25-16-23(40)28-22(39)14-21(15-27(28)47-25)50-51(9,10)35(4,5)6/h11-16,29-32,34,39H,1-10H3/t29-,30-,31-,32+,34+/m0/s1/i7D3. The Bertz CT molecular complexity index is 1980. The SMILES string of the molecule is [2H]C([2H])([2H])Oc1ccc(-c2cc(=O)c3c(O)cc(O[Si](C)(C)C(C)(C)C)cc3o2)cc1O[C@@H]1O[C@H](C(=O)OC)[C@@H](OC(C)=O)[C@H](OC(C)=O)[C@H]1OC(C)=O. The van der Waals surface area contributed by atoms with Gasteiger partial charge in [-0.3, -0.25) is 19.2 Å². The molecule has 0 spiro atoms. The lowest BCUT2D eigenvalue weighted by Crippen LogP contribution is -2.64. The highest BCUT2D eigenvalue weighted by Crippen LogP contribution is 2.41. The van der Waals surface area contributed by atoms with Crippen LogP contribution in [-0.4, -0.2) is 82.2 Å². The van der Waals surface area contributed by atoms with E-state index in [1.807, 2.05) is 33.9 Å². The van der Waals surface area contributed by atoms with Gasteiger partial charge in [-0.1, -0.05) is 20.8 Å². The highest BCUT2D eigenvalue weighted by molar-refractivity contribution is 6.74. The van der Waals surface area contributed by atoms with E-state index in [1.165, 1.54) is 30.3 Å². The Morgan fingerprint density at radius 3 is 2.10 bits per heavy atom. The second kappa shape index (κ2) is 15.0. The molecule has 15 nitrogen and oxygen atoms in total. The van der Waals surface area contributed by atoms with Crippen LogP contribution < -0.4 is 19.3 Å². The third kappa shape index (κ3) is 8.62. The molecule has 2 heterocycles. The van der Waals surface area contributed by atoms with Gasteiger partial charge >= 0.3 is 23.9 Å². The number of hydrogen-bond acceptors (Lipinski definition) is 15. The quantitative estimate of drug-likeness (QED) is 0.172. The van der Waals surface area contributed by atoms with Crippen molar-refractivity contribution in [2.45, 2.75) is 90.4 Å². The third-order valence-corrected chi connectivity index (χ3v) is 12.7. The molecule has 276 valence electrons. The molecule has 1 fully saturated rings. The van der Waals surface area contributed by atoms with Crippen molar-refractivity contribution in [2.75, 3.05) is 14.1 Å². The van der Waals surface area contributed by atoms with Gasteiger partial charge in [-0.25, -0.2) is 4.79 Å². The van der Waals surface area contributed by atoms with Gasteiger partial charge in [0.05, 0.1) is 18.3 Å². The van der Waals surface area contributed by atoms with E-state index in [0.29, 0.717) is 0 Å². The number of esters is 4. The van der Waals surface area contributed by atoms with Crippen LogP contribution in [0.25, 0.3) is 22.3 Å². The molecule has 16 heteroatoms. The molecule has 4 rings (SSSR count). The second-order valence-corrected chi connectivity index (χ2v) is 17.9. The first-order valence-corrected chi connectivity index (χ1v) is 18.6. The number of phenols is 1. The number of carbonyl (C=O) groups is 4. The number of methoxy groups -OCH3 is 2. The Morgan fingerprint density at radius 2 is 1.51 bits per heavy atom. The Kier molecular flexibility index (Phi) is 10.1. The van der Waals surface area contributed by atoms with Crippen molar-refractivity contribution in [1.29, 1.82) is 0 Å². The molecule has 1 N–H and O–H groups in total. The van der Waals surface area contributed by atoms with Crippen molar-refractivity contribution in [2.24, 2.45) is 0 Å². The molecule has 3 aromatic rings. The van der Waals surface area contributed by atoms with Gasteiger partial charge in [0.15, 0.2) is 35.2 Å². The van der Waals surface area contributed by atoms with Crippen LogP contribution in [0.3, 0.4) is 0 Å². The molecule has 1 saturated heterocycles. The molecule has 0 saturated carbocycles. The highest BCUT2D eigenvalue weighted by Gasteiger charge is 2.56. The maximum atomic E-state index is 13.3. The van der Waals surface area contributed by atoms with Crippen LogP contribution in [0.15, 0.2) is 45.6 Å². The normalized spacial score (nSPS) is 21.7. The zero-order chi connectivity index (χ0) is 40.5. The van der Waals surface area contributed by atoms with Gasteiger partial charge in [-0.15, -0.1) is 0 Å². The monoisotopic (exact) mass is 733 g/mol. The van der Waals surface area contributed by atoms with E-state index in [4.69, 9.17) is 46.1 Å². The Hall–Kier alpha value is -5.09. The van der Waals surface area contributed by atoms with Crippen molar-refractivity contribution >= 4 is 43.2 Å². The Balaban J connectivity index is 1.88. The maximum absolute atomic E-state index is 13.3. The average molecular weight is 734 g/mol. The number of phenolic OH excluding ortho intramolecular Hbond substituents is 1. The summed E-state index contributed by atoms with van der Waals surface area (Å²) >= 11 is 0. The molecular weight excluding hydrogens is 688 g/mol. The van der Waals surface area contributed by atoms with Gasteiger partial charge in [0, 0.05) is 44.5 Å². The van der Waals surface area contributed by atoms with Gasteiger partial charge < -0.3 is 47.1 Å². The predicted molar refractivity (Wildman–Crippen MR) is 182 cm³/mol. The van der Waals surface area contributed by atoms with Crippen molar-refractivity contribution in [1.82, 2.24) is 0 Å². The molecular formula is C35H42O15Si. The highest BCUT2D eigenvalue weighted by atomic mass is 28.4. The first kappa shape index (κ1) is 34.4. The zero-order valence-electron chi connectivity index (χ0n) is 32.5. The molecule has 5 atom stereocenters.